The molecule has 0 radical (unpaired) electrons. The van der Waals surface area contributed by atoms with E-state index in [2.05, 4.69) is 19.3 Å². The standard InChI is InChI=1S/C8H18N2O/c1-4-8(3)6-10(5-2)9-7-11/h7-8H,4-6H2,1-3H3,(H,9,11). The maximum atomic E-state index is 10.1. The van der Waals surface area contributed by atoms with E-state index in [-0.39, 0.29) is 0 Å². The van der Waals surface area contributed by atoms with E-state index in [1.165, 1.54) is 0 Å². The first-order chi connectivity index (χ1) is 5.24. The van der Waals surface area contributed by atoms with Gasteiger partial charge in [-0.15, -0.1) is 0 Å². The molecule has 0 aliphatic carbocycles. The molecule has 0 saturated heterocycles. The first-order valence-corrected chi connectivity index (χ1v) is 4.19. The van der Waals surface area contributed by atoms with Gasteiger partial charge in [0.15, 0.2) is 0 Å². The molecule has 66 valence electrons. The summed E-state index contributed by atoms with van der Waals surface area (Å²) in [6.07, 6.45) is 1.88. The predicted octanol–water partition coefficient (Wildman–Crippen LogP) is 1.02. The van der Waals surface area contributed by atoms with Crippen molar-refractivity contribution in [3.63, 3.8) is 0 Å². The first kappa shape index (κ1) is 10.4. The molecule has 0 aromatic rings. The van der Waals surface area contributed by atoms with Crippen LogP contribution in [-0.4, -0.2) is 24.5 Å². The molecule has 0 aliphatic rings. The van der Waals surface area contributed by atoms with E-state index in [0.717, 1.165) is 25.9 Å². The molecule has 0 saturated carbocycles. The summed E-state index contributed by atoms with van der Waals surface area (Å²) in [6.45, 7) is 8.16. The molecule has 0 aliphatic heterocycles. The monoisotopic (exact) mass is 158 g/mol. The molecule has 0 spiro atoms. The lowest BCUT2D eigenvalue weighted by molar-refractivity contribution is -0.113. The largest absolute Gasteiger partial charge is 0.292 e. The number of hydrogen-bond donors (Lipinski definition) is 1. The van der Waals surface area contributed by atoms with E-state index in [1.54, 1.807) is 0 Å². The van der Waals surface area contributed by atoms with Gasteiger partial charge in [0.2, 0.25) is 6.41 Å². The SMILES string of the molecule is CCC(C)CN(CC)NC=O. The highest BCUT2D eigenvalue weighted by atomic mass is 16.1. The lowest BCUT2D eigenvalue weighted by Crippen LogP contribution is -2.39. The van der Waals surface area contributed by atoms with E-state index in [0.29, 0.717) is 5.92 Å². The van der Waals surface area contributed by atoms with Crippen molar-refractivity contribution >= 4 is 6.41 Å². The fourth-order valence-corrected chi connectivity index (χ4v) is 0.853. The number of carbonyl (C=O) groups is 1. The summed E-state index contributed by atoms with van der Waals surface area (Å²) in [4.78, 5) is 10.1. The van der Waals surface area contributed by atoms with E-state index < -0.39 is 0 Å². The molecule has 1 N–H and O–H groups in total. The van der Waals surface area contributed by atoms with Crippen molar-refractivity contribution in [1.82, 2.24) is 10.4 Å². The summed E-state index contributed by atoms with van der Waals surface area (Å²) in [7, 11) is 0. The van der Waals surface area contributed by atoms with Crippen LogP contribution in [0.15, 0.2) is 0 Å². The molecule has 0 aromatic carbocycles. The van der Waals surface area contributed by atoms with Crippen molar-refractivity contribution in [2.24, 2.45) is 5.92 Å². The predicted molar refractivity (Wildman–Crippen MR) is 45.9 cm³/mol. The number of nitrogens with one attached hydrogen (secondary N) is 1. The number of nitrogens with zero attached hydrogens (tertiary/aromatic N) is 1. The second-order valence-corrected chi connectivity index (χ2v) is 2.80. The Labute approximate surface area is 68.7 Å². The van der Waals surface area contributed by atoms with Crippen LogP contribution in [-0.2, 0) is 4.79 Å². The second kappa shape index (κ2) is 6.16. The summed E-state index contributed by atoms with van der Waals surface area (Å²) < 4.78 is 0. The summed E-state index contributed by atoms with van der Waals surface area (Å²) in [5.74, 6) is 0.641. The fraction of sp³-hybridized carbons (Fsp3) is 0.875. The van der Waals surface area contributed by atoms with Crippen LogP contribution < -0.4 is 5.43 Å². The topological polar surface area (TPSA) is 32.3 Å². The van der Waals surface area contributed by atoms with Crippen molar-refractivity contribution in [3.8, 4) is 0 Å². The zero-order chi connectivity index (χ0) is 8.69. The van der Waals surface area contributed by atoms with Gasteiger partial charge < -0.3 is 0 Å². The minimum absolute atomic E-state index is 0.641. The van der Waals surface area contributed by atoms with Gasteiger partial charge in [-0.2, -0.15) is 0 Å². The minimum Gasteiger partial charge on any atom is -0.292 e. The summed E-state index contributed by atoms with van der Waals surface area (Å²) in [5, 5.41) is 1.92. The highest BCUT2D eigenvalue weighted by molar-refractivity contribution is 5.44. The molecule has 0 fully saturated rings. The van der Waals surface area contributed by atoms with Gasteiger partial charge in [0, 0.05) is 13.1 Å². The van der Waals surface area contributed by atoms with Crippen molar-refractivity contribution in [2.45, 2.75) is 27.2 Å². The van der Waals surface area contributed by atoms with Gasteiger partial charge in [0.05, 0.1) is 0 Å². The molecule has 0 aromatic heterocycles. The molecule has 11 heavy (non-hydrogen) atoms. The number of hydrogen-bond acceptors (Lipinski definition) is 2. The van der Waals surface area contributed by atoms with Gasteiger partial charge in [-0.25, -0.2) is 5.01 Å². The summed E-state index contributed by atoms with van der Waals surface area (Å²) in [6, 6.07) is 0. The number of amides is 1. The molecular weight excluding hydrogens is 140 g/mol. The highest BCUT2D eigenvalue weighted by Gasteiger charge is 2.04. The third kappa shape index (κ3) is 4.79. The molecule has 1 atom stereocenters. The Hall–Kier alpha value is -0.570. The Morgan fingerprint density at radius 2 is 2.18 bits per heavy atom. The summed E-state index contributed by atoms with van der Waals surface area (Å²) >= 11 is 0. The molecule has 1 unspecified atom stereocenters. The van der Waals surface area contributed by atoms with Gasteiger partial charge in [-0.3, -0.25) is 10.2 Å². The minimum atomic E-state index is 0.641. The number of rotatable bonds is 6. The zero-order valence-corrected chi connectivity index (χ0v) is 7.63. The van der Waals surface area contributed by atoms with Crippen LogP contribution >= 0.6 is 0 Å². The Kier molecular flexibility index (Phi) is 5.84. The first-order valence-electron chi connectivity index (χ1n) is 4.19. The van der Waals surface area contributed by atoms with Crippen molar-refractivity contribution in [3.05, 3.63) is 0 Å². The average Bonchev–Trinajstić information content (AvgIpc) is 2.03. The van der Waals surface area contributed by atoms with Gasteiger partial charge in [-0.1, -0.05) is 27.2 Å². The maximum absolute atomic E-state index is 10.1. The second-order valence-electron chi connectivity index (χ2n) is 2.80. The van der Waals surface area contributed by atoms with E-state index in [1.807, 2.05) is 11.9 Å². The maximum Gasteiger partial charge on any atom is 0.221 e. The van der Waals surface area contributed by atoms with Gasteiger partial charge in [0.1, 0.15) is 0 Å². The third-order valence-corrected chi connectivity index (χ3v) is 1.85. The van der Waals surface area contributed by atoms with E-state index >= 15 is 0 Å². The van der Waals surface area contributed by atoms with Gasteiger partial charge in [-0.05, 0) is 5.92 Å². The van der Waals surface area contributed by atoms with Crippen LogP contribution in [0.25, 0.3) is 0 Å². The molecule has 3 nitrogen and oxygen atoms in total. The van der Waals surface area contributed by atoms with Crippen LogP contribution in [0.3, 0.4) is 0 Å². The Bertz CT molecular complexity index is 106. The normalized spacial score (nSPS) is 13.1. The third-order valence-electron chi connectivity index (χ3n) is 1.85. The summed E-state index contributed by atoms with van der Waals surface area (Å²) in [5.41, 5.74) is 2.65. The van der Waals surface area contributed by atoms with Crippen LogP contribution in [0.2, 0.25) is 0 Å². The Morgan fingerprint density at radius 1 is 1.55 bits per heavy atom. The highest BCUT2D eigenvalue weighted by Crippen LogP contribution is 2.01. The van der Waals surface area contributed by atoms with Crippen molar-refractivity contribution in [2.75, 3.05) is 13.1 Å². The van der Waals surface area contributed by atoms with E-state index in [4.69, 9.17) is 0 Å². The smallest absolute Gasteiger partial charge is 0.221 e. The van der Waals surface area contributed by atoms with Crippen molar-refractivity contribution in [1.29, 1.82) is 0 Å². The average molecular weight is 158 g/mol. The van der Waals surface area contributed by atoms with Crippen LogP contribution in [0.1, 0.15) is 27.2 Å². The number of carbonyl (C=O) groups excluding carboxylic acids is 1. The van der Waals surface area contributed by atoms with Gasteiger partial charge in [0.25, 0.3) is 0 Å². The molecule has 1 amide bonds. The Balaban J connectivity index is 3.57. The number of hydrazine groups is 1. The van der Waals surface area contributed by atoms with Crippen LogP contribution in [0, 0.1) is 5.92 Å². The lowest BCUT2D eigenvalue weighted by Gasteiger charge is -2.21. The Morgan fingerprint density at radius 3 is 2.55 bits per heavy atom. The van der Waals surface area contributed by atoms with Crippen molar-refractivity contribution < 1.29 is 4.79 Å². The molecular formula is C8H18N2O. The molecule has 0 rings (SSSR count). The molecule has 0 bridgehead atoms. The lowest BCUT2D eigenvalue weighted by atomic mass is 10.1. The molecule has 3 heteroatoms. The fourth-order valence-electron chi connectivity index (χ4n) is 0.853. The van der Waals surface area contributed by atoms with Crippen LogP contribution in [0.4, 0.5) is 0 Å². The quantitative estimate of drug-likeness (QED) is 0.462. The van der Waals surface area contributed by atoms with E-state index in [9.17, 15) is 4.79 Å². The van der Waals surface area contributed by atoms with Gasteiger partial charge >= 0.3 is 0 Å². The molecule has 0 heterocycles. The van der Waals surface area contributed by atoms with Crippen LogP contribution in [0.5, 0.6) is 0 Å². The zero-order valence-electron chi connectivity index (χ0n) is 7.63.